The molecule has 0 bridgehead atoms. The third kappa shape index (κ3) is 8.80. The molecular weight excluding hydrogens is 482 g/mol. The van der Waals surface area contributed by atoms with Crippen molar-refractivity contribution in [2.24, 2.45) is 11.8 Å². The van der Waals surface area contributed by atoms with E-state index in [1.54, 1.807) is 25.1 Å². The number of halogens is 1. The molecule has 1 aromatic rings. The average molecular weight is 522 g/mol. The molecule has 6 unspecified atom stereocenters. The van der Waals surface area contributed by atoms with Gasteiger partial charge in [0.05, 0.1) is 6.42 Å². The highest BCUT2D eigenvalue weighted by molar-refractivity contribution is 6.30. The number of esters is 1. The molecule has 1 saturated heterocycles. The fraction of sp³-hybridized carbons (Fsp3) is 0.630. The van der Waals surface area contributed by atoms with Crippen molar-refractivity contribution in [2.75, 3.05) is 0 Å². The molecule has 0 aliphatic carbocycles. The Morgan fingerprint density at radius 2 is 1.75 bits per heavy atom. The zero-order valence-corrected chi connectivity index (χ0v) is 22.7. The van der Waals surface area contributed by atoms with Gasteiger partial charge in [-0.15, -0.1) is 0 Å². The summed E-state index contributed by atoms with van der Waals surface area (Å²) in [5.74, 6) is -2.21. The molecule has 2 rings (SSSR count). The molecule has 8 nitrogen and oxygen atoms in total. The van der Waals surface area contributed by atoms with Crippen LogP contribution in [0.2, 0.25) is 5.02 Å². The van der Waals surface area contributed by atoms with Crippen molar-refractivity contribution in [1.82, 2.24) is 16.0 Å². The number of cyclic esters (lactones) is 1. The van der Waals surface area contributed by atoms with E-state index in [1.165, 1.54) is 0 Å². The molecule has 1 aliphatic rings. The largest absolute Gasteiger partial charge is 0.460 e. The first-order valence-corrected chi connectivity index (χ1v) is 13.3. The molecule has 1 aromatic carbocycles. The Morgan fingerprint density at radius 1 is 1.03 bits per heavy atom. The van der Waals surface area contributed by atoms with Crippen LogP contribution in [0.4, 0.5) is 0 Å². The maximum atomic E-state index is 13.2. The van der Waals surface area contributed by atoms with E-state index in [-0.39, 0.29) is 24.7 Å². The van der Waals surface area contributed by atoms with Crippen molar-refractivity contribution in [3.8, 4) is 0 Å². The first kappa shape index (κ1) is 29.6. The molecule has 200 valence electrons. The van der Waals surface area contributed by atoms with Crippen molar-refractivity contribution < 1.29 is 23.9 Å². The summed E-state index contributed by atoms with van der Waals surface area (Å²) in [6.45, 7) is 9.35. The number of ether oxygens (including phenoxy) is 1. The van der Waals surface area contributed by atoms with Crippen LogP contribution in [-0.4, -0.2) is 47.9 Å². The van der Waals surface area contributed by atoms with Gasteiger partial charge >= 0.3 is 5.97 Å². The second-order valence-electron chi connectivity index (χ2n) is 9.86. The molecule has 3 N–H and O–H groups in total. The van der Waals surface area contributed by atoms with Gasteiger partial charge in [-0.05, 0) is 42.9 Å². The van der Waals surface area contributed by atoms with Crippen LogP contribution in [0, 0.1) is 11.8 Å². The predicted octanol–water partition coefficient (Wildman–Crippen LogP) is 3.54. The fourth-order valence-corrected chi connectivity index (χ4v) is 4.38. The van der Waals surface area contributed by atoms with Crippen molar-refractivity contribution >= 4 is 35.3 Å². The molecule has 1 fully saturated rings. The third-order valence-corrected chi connectivity index (χ3v) is 7.03. The van der Waals surface area contributed by atoms with Gasteiger partial charge in [0.1, 0.15) is 24.2 Å². The summed E-state index contributed by atoms with van der Waals surface area (Å²) in [7, 11) is 0. The normalized spacial score (nSPS) is 25.7. The van der Waals surface area contributed by atoms with Crippen LogP contribution in [0.25, 0.3) is 0 Å². The molecule has 0 aromatic heterocycles. The maximum Gasteiger partial charge on any atom is 0.329 e. The second-order valence-corrected chi connectivity index (χ2v) is 10.3. The monoisotopic (exact) mass is 521 g/mol. The zero-order chi connectivity index (χ0) is 26.8. The predicted molar refractivity (Wildman–Crippen MR) is 139 cm³/mol. The topological polar surface area (TPSA) is 114 Å². The van der Waals surface area contributed by atoms with Crippen LogP contribution in [0.5, 0.6) is 0 Å². The van der Waals surface area contributed by atoms with Gasteiger partial charge in [0.25, 0.3) is 0 Å². The van der Waals surface area contributed by atoms with Crippen LogP contribution in [-0.2, 0) is 30.3 Å². The molecule has 9 heteroatoms. The van der Waals surface area contributed by atoms with Crippen molar-refractivity contribution in [3.63, 3.8) is 0 Å². The molecular formula is C27H40ClN3O5. The van der Waals surface area contributed by atoms with Gasteiger partial charge in [-0.1, -0.05) is 70.7 Å². The van der Waals surface area contributed by atoms with Crippen molar-refractivity contribution in [1.29, 1.82) is 0 Å². The minimum atomic E-state index is -0.931. The highest BCUT2D eigenvalue weighted by atomic mass is 35.5. The highest BCUT2D eigenvalue weighted by Gasteiger charge is 2.35. The Bertz CT molecular complexity index is 924. The quantitative estimate of drug-likeness (QED) is 0.453. The second kappa shape index (κ2) is 14.2. The summed E-state index contributed by atoms with van der Waals surface area (Å²) < 4.78 is 5.87. The Morgan fingerprint density at radius 3 is 2.39 bits per heavy atom. The van der Waals surface area contributed by atoms with Crippen LogP contribution in [0.15, 0.2) is 24.3 Å². The van der Waals surface area contributed by atoms with E-state index in [0.717, 1.165) is 24.8 Å². The van der Waals surface area contributed by atoms with E-state index < -0.39 is 47.9 Å². The Balaban J connectivity index is 2.39. The van der Waals surface area contributed by atoms with Crippen molar-refractivity contribution in [2.45, 2.75) is 97.4 Å². The zero-order valence-electron chi connectivity index (χ0n) is 21.9. The molecule has 1 aliphatic heterocycles. The molecule has 1 heterocycles. The fourth-order valence-electron chi connectivity index (χ4n) is 4.17. The van der Waals surface area contributed by atoms with Gasteiger partial charge in [-0.3, -0.25) is 14.4 Å². The van der Waals surface area contributed by atoms with E-state index >= 15 is 0 Å². The van der Waals surface area contributed by atoms with Gasteiger partial charge in [0, 0.05) is 11.4 Å². The summed E-state index contributed by atoms with van der Waals surface area (Å²) in [6.07, 6.45) is 2.76. The van der Waals surface area contributed by atoms with E-state index in [4.69, 9.17) is 16.3 Å². The maximum absolute atomic E-state index is 13.2. The van der Waals surface area contributed by atoms with Crippen LogP contribution in [0.1, 0.15) is 72.3 Å². The number of carbonyl (C=O) groups is 4. The number of nitrogens with one attached hydrogen (secondary N) is 3. The summed E-state index contributed by atoms with van der Waals surface area (Å²) in [5.41, 5.74) is 0.764. The lowest BCUT2D eigenvalue weighted by atomic mass is 9.94. The minimum Gasteiger partial charge on any atom is -0.460 e. The van der Waals surface area contributed by atoms with E-state index in [0.29, 0.717) is 11.4 Å². The number of carbonyl (C=O) groups excluding carboxylic acids is 4. The minimum absolute atomic E-state index is 0.0720. The number of unbranched alkanes of at least 4 members (excludes halogenated alkanes) is 1. The summed E-state index contributed by atoms with van der Waals surface area (Å²) >= 11 is 6.10. The number of rotatable bonds is 8. The molecule has 0 radical (unpaired) electrons. The Hall–Kier alpha value is -2.61. The third-order valence-electron chi connectivity index (χ3n) is 6.80. The highest BCUT2D eigenvalue weighted by Crippen LogP contribution is 2.21. The van der Waals surface area contributed by atoms with Crippen LogP contribution < -0.4 is 16.0 Å². The summed E-state index contributed by atoms with van der Waals surface area (Å²) in [4.78, 5) is 52.4. The number of amides is 3. The van der Waals surface area contributed by atoms with E-state index in [1.807, 2.05) is 26.8 Å². The van der Waals surface area contributed by atoms with Crippen LogP contribution >= 0.6 is 11.6 Å². The van der Waals surface area contributed by atoms with E-state index in [9.17, 15) is 19.2 Å². The van der Waals surface area contributed by atoms with Crippen molar-refractivity contribution in [3.05, 3.63) is 34.9 Å². The average Bonchev–Trinajstić information content (AvgIpc) is 2.83. The van der Waals surface area contributed by atoms with Gasteiger partial charge < -0.3 is 20.7 Å². The number of hydrogen-bond acceptors (Lipinski definition) is 5. The SMILES string of the molecule is CCCCC(C)C1CC(=O)NC(Cc2cccc(Cl)c2)C(=O)NC(C)C(=O)NC(C(C)CC)C(=O)O1. The molecule has 36 heavy (non-hydrogen) atoms. The lowest BCUT2D eigenvalue weighted by molar-refractivity contribution is -0.158. The molecule has 3 amide bonds. The first-order valence-electron chi connectivity index (χ1n) is 12.9. The molecule has 0 saturated carbocycles. The van der Waals surface area contributed by atoms with Gasteiger partial charge in [0.2, 0.25) is 17.7 Å². The van der Waals surface area contributed by atoms with Crippen LogP contribution in [0.3, 0.4) is 0 Å². The number of benzene rings is 1. The number of hydrogen-bond donors (Lipinski definition) is 3. The van der Waals surface area contributed by atoms with E-state index in [2.05, 4.69) is 22.9 Å². The Labute approximate surface area is 219 Å². The van der Waals surface area contributed by atoms with Gasteiger partial charge in [-0.2, -0.15) is 0 Å². The smallest absolute Gasteiger partial charge is 0.329 e. The molecule has 0 spiro atoms. The standard InChI is InChI=1S/C27H40ClN3O5/c1-6-8-10-17(4)22-15-23(32)30-21(14-19-11-9-12-20(28)13-19)26(34)29-18(5)25(33)31-24(16(3)7-2)27(35)36-22/h9,11-13,16-18,21-22,24H,6-8,10,14-15H2,1-5H3,(H,29,34)(H,30,32)(H,31,33). The molecule has 6 atom stereocenters. The lowest BCUT2D eigenvalue weighted by Gasteiger charge is -2.29. The summed E-state index contributed by atoms with van der Waals surface area (Å²) in [5, 5.41) is 8.75. The lowest BCUT2D eigenvalue weighted by Crippen LogP contribution is -2.55. The van der Waals surface area contributed by atoms with Gasteiger partial charge in [0.15, 0.2) is 0 Å². The first-order chi connectivity index (χ1) is 17.0. The van der Waals surface area contributed by atoms with Gasteiger partial charge in [-0.25, -0.2) is 4.79 Å². The Kier molecular flexibility index (Phi) is 11.7. The summed E-state index contributed by atoms with van der Waals surface area (Å²) in [6, 6.07) is 4.31.